The van der Waals surface area contributed by atoms with Gasteiger partial charge in [-0.2, -0.15) is 0 Å². The number of nitrogens with zero attached hydrogens (tertiary/aromatic N) is 3. The Hall–Kier alpha value is -2.27. The molecule has 1 N–H and O–H groups in total. The fraction of sp³-hybridized carbons (Fsp3) is 0.550. The van der Waals surface area contributed by atoms with Gasteiger partial charge in [-0.25, -0.2) is 13.4 Å². The van der Waals surface area contributed by atoms with Gasteiger partial charge in [0.25, 0.3) is 0 Å². The van der Waals surface area contributed by atoms with Crippen molar-refractivity contribution in [1.82, 2.24) is 20.1 Å². The number of carbonyl (C=O) groups excluding carboxylic acids is 1. The Kier molecular flexibility index (Phi) is 7.82. The fourth-order valence-electron chi connectivity index (χ4n) is 3.50. The van der Waals surface area contributed by atoms with Crippen LogP contribution < -0.4 is 9.47 Å². The number of unbranched alkanes of at least 4 members (excludes halogenated alkanes) is 1. The first-order valence-electron chi connectivity index (χ1n) is 10.1. The quantitative estimate of drug-likeness (QED) is 0.529. The van der Waals surface area contributed by atoms with E-state index in [1.54, 1.807) is 31.3 Å². The number of aromatic nitrogens is 3. The molecule has 1 unspecified atom stereocenters. The molecule has 1 aromatic carbocycles. The second-order valence-electron chi connectivity index (χ2n) is 7.32. The molecule has 1 atom stereocenters. The van der Waals surface area contributed by atoms with Gasteiger partial charge in [0.15, 0.2) is 15.7 Å². The second kappa shape index (κ2) is 10.4. The summed E-state index contributed by atoms with van der Waals surface area (Å²) >= 11 is 1.23. The predicted molar refractivity (Wildman–Crippen MR) is 119 cm³/mol. The molecule has 1 amide bonds. The van der Waals surface area contributed by atoms with Crippen LogP contribution in [-0.2, 0) is 14.6 Å². The van der Waals surface area contributed by atoms with Crippen LogP contribution in [0.1, 0.15) is 26.2 Å². The Morgan fingerprint density at radius 2 is 2.13 bits per heavy atom. The SMILES string of the molecule is CCCCN(C(=O)CSc1n[nH]c(-c2ccc(OC)cc2OC)n1)C1CCS(=O)(=O)C1. The number of thioether (sulfide) groups is 1. The lowest BCUT2D eigenvalue weighted by Crippen LogP contribution is -2.42. The molecule has 11 heteroatoms. The molecule has 1 aromatic heterocycles. The molecule has 0 spiro atoms. The molecule has 0 radical (unpaired) electrons. The van der Waals surface area contributed by atoms with E-state index in [1.807, 2.05) is 13.0 Å². The Labute approximate surface area is 186 Å². The number of benzene rings is 1. The summed E-state index contributed by atoms with van der Waals surface area (Å²) in [4.78, 5) is 19.1. The largest absolute Gasteiger partial charge is 0.497 e. The number of H-pyrrole nitrogens is 1. The van der Waals surface area contributed by atoms with Gasteiger partial charge in [0.05, 0.1) is 37.0 Å². The van der Waals surface area contributed by atoms with Gasteiger partial charge in [0, 0.05) is 18.7 Å². The van der Waals surface area contributed by atoms with Crippen molar-refractivity contribution in [2.75, 3.05) is 38.0 Å². The number of sulfone groups is 1. The van der Waals surface area contributed by atoms with Gasteiger partial charge in [0.2, 0.25) is 11.1 Å². The van der Waals surface area contributed by atoms with E-state index in [2.05, 4.69) is 15.2 Å². The van der Waals surface area contributed by atoms with Gasteiger partial charge in [-0.05, 0) is 25.0 Å². The number of ether oxygens (including phenoxy) is 2. The highest BCUT2D eigenvalue weighted by Gasteiger charge is 2.34. The first-order chi connectivity index (χ1) is 14.9. The number of rotatable bonds is 10. The van der Waals surface area contributed by atoms with Crippen molar-refractivity contribution in [2.24, 2.45) is 0 Å². The molecule has 1 fully saturated rings. The maximum atomic E-state index is 12.9. The lowest BCUT2D eigenvalue weighted by molar-refractivity contribution is -0.130. The molecule has 9 nitrogen and oxygen atoms in total. The van der Waals surface area contributed by atoms with E-state index >= 15 is 0 Å². The molecule has 0 aliphatic carbocycles. The van der Waals surface area contributed by atoms with Crippen LogP contribution in [0.5, 0.6) is 11.5 Å². The summed E-state index contributed by atoms with van der Waals surface area (Å²) in [6, 6.07) is 5.15. The van der Waals surface area contributed by atoms with Crippen molar-refractivity contribution in [2.45, 2.75) is 37.4 Å². The van der Waals surface area contributed by atoms with Crippen LogP contribution in [0.25, 0.3) is 11.4 Å². The topological polar surface area (TPSA) is 114 Å². The number of nitrogens with one attached hydrogen (secondary N) is 1. The molecule has 1 aliphatic heterocycles. The zero-order valence-corrected chi connectivity index (χ0v) is 19.6. The molecule has 2 aromatic rings. The van der Waals surface area contributed by atoms with Crippen LogP contribution in [0, 0.1) is 0 Å². The minimum absolute atomic E-state index is 0.0508. The van der Waals surface area contributed by atoms with E-state index in [0.29, 0.717) is 35.4 Å². The van der Waals surface area contributed by atoms with Crippen LogP contribution in [0.3, 0.4) is 0 Å². The molecule has 31 heavy (non-hydrogen) atoms. The molecule has 170 valence electrons. The average Bonchev–Trinajstić information content (AvgIpc) is 3.38. The van der Waals surface area contributed by atoms with Crippen molar-refractivity contribution in [3.63, 3.8) is 0 Å². The van der Waals surface area contributed by atoms with Crippen molar-refractivity contribution >= 4 is 27.5 Å². The smallest absolute Gasteiger partial charge is 0.233 e. The standard InChI is InChI=1S/C20H28N4O5S2/c1-4-5-9-24(14-8-10-31(26,27)13-14)18(25)12-30-20-21-19(22-23-20)16-7-6-15(28-2)11-17(16)29-3/h6-7,11,14H,4-5,8-10,12-13H2,1-3H3,(H,21,22,23). The second-order valence-corrected chi connectivity index (χ2v) is 10.5. The van der Waals surface area contributed by atoms with Crippen LogP contribution in [0.4, 0.5) is 0 Å². The zero-order valence-electron chi connectivity index (χ0n) is 18.0. The van der Waals surface area contributed by atoms with Crippen LogP contribution in [0.2, 0.25) is 0 Å². The molecule has 2 heterocycles. The van der Waals surface area contributed by atoms with Gasteiger partial charge in [-0.15, -0.1) is 5.10 Å². The first kappa shape index (κ1) is 23.4. The third-order valence-corrected chi connectivity index (χ3v) is 7.76. The van der Waals surface area contributed by atoms with Gasteiger partial charge in [-0.3, -0.25) is 9.89 Å². The number of methoxy groups -OCH3 is 2. The number of hydrogen-bond donors (Lipinski definition) is 1. The number of aromatic amines is 1. The van der Waals surface area contributed by atoms with Crippen LogP contribution in [0.15, 0.2) is 23.4 Å². The maximum absolute atomic E-state index is 12.9. The third-order valence-electron chi connectivity index (χ3n) is 5.18. The molecule has 1 saturated heterocycles. The van der Waals surface area contributed by atoms with Crippen molar-refractivity contribution in [3.8, 4) is 22.9 Å². The van der Waals surface area contributed by atoms with Crippen molar-refractivity contribution in [3.05, 3.63) is 18.2 Å². The van der Waals surface area contributed by atoms with E-state index in [9.17, 15) is 13.2 Å². The lowest BCUT2D eigenvalue weighted by atomic mass is 10.2. The summed E-state index contributed by atoms with van der Waals surface area (Å²) in [5.41, 5.74) is 0.731. The zero-order chi connectivity index (χ0) is 22.4. The molecule has 3 rings (SSSR count). The van der Waals surface area contributed by atoms with E-state index < -0.39 is 9.84 Å². The van der Waals surface area contributed by atoms with Gasteiger partial charge >= 0.3 is 0 Å². The van der Waals surface area contributed by atoms with Crippen LogP contribution in [-0.4, -0.2) is 78.5 Å². The third kappa shape index (κ3) is 5.91. The van der Waals surface area contributed by atoms with Gasteiger partial charge in [0.1, 0.15) is 11.5 Å². The summed E-state index contributed by atoms with van der Waals surface area (Å²) in [6.45, 7) is 2.61. The summed E-state index contributed by atoms with van der Waals surface area (Å²) in [7, 11) is 0.0930. The highest BCUT2D eigenvalue weighted by Crippen LogP contribution is 2.32. The van der Waals surface area contributed by atoms with Crippen molar-refractivity contribution in [1.29, 1.82) is 0 Å². The molecule has 1 aliphatic rings. The van der Waals surface area contributed by atoms with E-state index in [1.165, 1.54) is 11.8 Å². The van der Waals surface area contributed by atoms with Gasteiger partial charge in [-0.1, -0.05) is 25.1 Å². The number of hydrogen-bond acceptors (Lipinski definition) is 8. The molecular weight excluding hydrogens is 440 g/mol. The fourth-order valence-corrected chi connectivity index (χ4v) is 5.91. The highest BCUT2D eigenvalue weighted by atomic mass is 32.2. The van der Waals surface area contributed by atoms with Crippen LogP contribution >= 0.6 is 11.8 Å². The van der Waals surface area contributed by atoms with E-state index in [-0.39, 0.29) is 29.2 Å². The molecular formula is C20H28N4O5S2. The summed E-state index contributed by atoms with van der Waals surface area (Å²) in [5, 5.41) is 7.52. The highest BCUT2D eigenvalue weighted by molar-refractivity contribution is 7.99. The summed E-state index contributed by atoms with van der Waals surface area (Å²) in [5.74, 6) is 2.05. The van der Waals surface area contributed by atoms with E-state index in [4.69, 9.17) is 9.47 Å². The van der Waals surface area contributed by atoms with E-state index in [0.717, 1.165) is 18.4 Å². The average molecular weight is 469 g/mol. The molecule has 0 bridgehead atoms. The van der Waals surface area contributed by atoms with Crippen molar-refractivity contribution < 1.29 is 22.7 Å². The lowest BCUT2D eigenvalue weighted by Gasteiger charge is -2.28. The Morgan fingerprint density at radius 3 is 2.77 bits per heavy atom. The Balaban J connectivity index is 1.67. The Bertz CT molecular complexity index is 1010. The normalized spacial score (nSPS) is 17.5. The monoisotopic (exact) mass is 468 g/mol. The predicted octanol–water partition coefficient (Wildman–Crippen LogP) is 2.40. The Morgan fingerprint density at radius 1 is 1.32 bits per heavy atom. The minimum atomic E-state index is -3.06. The first-order valence-corrected chi connectivity index (χ1v) is 12.9. The summed E-state index contributed by atoms with van der Waals surface area (Å²) < 4.78 is 34.4. The molecule has 0 saturated carbocycles. The minimum Gasteiger partial charge on any atom is -0.497 e. The maximum Gasteiger partial charge on any atom is 0.233 e. The van der Waals surface area contributed by atoms with Gasteiger partial charge < -0.3 is 14.4 Å². The number of amides is 1. The summed E-state index contributed by atoms with van der Waals surface area (Å²) in [6.07, 6.45) is 2.28. The number of carbonyl (C=O) groups is 1.